The summed E-state index contributed by atoms with van der Waals surface area (Å²) in [6.07, 6.45) is 5.73. The predicted molar refractivity (Wildman–Crippen MR) is 129 cm³/mol. The Bertz CT molecular complexity index is 1340. The van der Waals surface area contributed by atoms with Crippen LogP contribution in [0.15, 0.2) is 58.7 Å². The van der Waals surface area contributed by atoms with Crippen LogP contribution in [0.2, 0.25) is 0 Å². The lowest BCUT2D eigenvalue weighted by Crippen LogP contribution is -2.17. The van der Waals surface area contributed by atoms with E-state index in [1.165, 1.54) is 48.4 Å². The number of amides is 1. The van der Waals surface area contributed by atoms with Crippen LogP contribution in [0.4, 0.5) is 11.6 Å². The standard InChI is InChI=1S/C23H22N6O3S2/c1-15-3-8-20-16(11-15)12-17(13-24)22(28-20)33-14-21(30)27-18-4-6-19(7-5-18)34(31,32)29-23-25-9-2-10-26-23/h2,4-7,9-10,12,15H,3,8,11,14H2,1H3,(H,27,30)(H,25,26,29). The maximum Gasteiger partial charge on any atom is 0.264 e. The first kappa shape index (κ1) is 23.7. The first-order valence-electron chi connectivity index (χ1n) is 10.6. The van der Waals surface area contributed by atoms with Crippen LogP contribution >= 0.6 is 11.8 Å². The summed E-state index contributed by atoms with van der Waals surface area (Å²) in [5.74, 6) is 0.338. The zero-order valence-corrected chi connectivity index (χ0v) is 20.0. The van der Waals surface area contributed by atoms with Crippen LogP contribution in [0, 0.1) is 17.2 Å². The molecule has 0 spiro atoms. The highest BCUT2D eigenvalue weighted by atomic mass is 32.2. The summed E-state index contributed by atoms with van der Waals surface area (Å²) in [5, 5.41) is 12.8. The van der Waals surface area contributed by atoms with Crippen molar-refractivity contribution in [3.63, 3.8) is 0 Å². The number of thioether (sulfide) groups is 1. The number of nitrogens with one attached hydrogen (secondary N) is 2. The number of rotatable bonds is 7. The zero-order chi connectivity index (χ0) is 24.1. The number of aromatic nitrogens is 3. The van der Waals surface area contributed by atoms with Crippen molar-refractivity contribution < 1.29 is 13.2 Å². The van der Waals surface area contributed by atoms with Gasteiger partial charge in [-0.25, -0.2) is 28.1 Å². The summed E-state index contributed by atoms with van der Waals surface area (Å²) in [4.78, 5) is 24.8. The summed E-state index contributed by atoms with van der Waals surface area (Å²) >= 11 is 1.22. The number of carbonyl (C=O) groups excluding carboxylic acids is 1. The Balaban J connectivity index is 1.37. The first-order valence-corrected chi connectivity index (χ1v) is 13.1. The van der Waals surface area contributed by atoms with Crippen molar-refractivity contribution in [2.24, 2.45) is 5.92 Å². The molecule has 1 unspecified atom stereocenters. The average molecular weight is 495 g/mol. The molecule has 0 bridgehead atoms. The topological polar surface area (TPSA) is 138 Å². The molecule has 0 aliphatic heterocycles. The Hall–Kier alpha value is -3.49. The second-order valence-corrected chi connectivity index (χ2v) is 10.6. The normalized spacial score (nSPS) is 15.1. The minimum absolute atomic E-state index is 0.0126. The number of benzene rings is 1. The van der Waals surface area contributed by atoms with Crippen LogP contribution in [0.1, 0.15) is 30.2 Å². The van der Waals surface area contributed by atoms with Crippen molar-refractivity contribution >= 4 is 39.3 Å². The van der Waals surface area contributed by atoms with Crippen molar-refractivity contribution in [3.05, 3.63) is 65.6 Å². The second kappa shape index (κ2) is 10.2. The van der Waals surface area contributed by atoms with Crippen LogP contribution in [0.5, 0.6) is 0 Å². The number of carbonyl (C=O) groups is 1. The van der Waals surface area contributed by atoms with Crippen LogP contribution in [-0.4, -0.2) is 35.0 Å². The van der Waals surface area contributed by atoms with Crippen LogP contribution in [-0.2, 0) is 27.7 Å². The van der Waals surface area contributed by atoms with Crippen molar-refractivity contribution in [2.75, 3.05) is 15.8 Å². The van der Waals surface area contributed by atoms with Gasteiger partial charge in [0.25, 0.3) is 10.0 Å². The molecule has 1 aliphatic rings. The summed E-state index contributed by atoms with van der Waals surface area (Å²) in [6, 6.07) is 11.4. The van der Waals surface area contributed by atoms with E-state index >= 15 is 0 Å². The highest BCUT2D eigenvalue weighted by Crippen LogP contribution is 2.29. The molecule has 0 saturated heterocycles. The van der Waals surface area contributed by atoms with Gasteiger partial charge in [0, 0.05) is 23.8 Å². The van der Waals surface area contributed by atoms with Gasteiger partial charge in [-0.3, -0.25) is 4.79 Å². The SMILES string of the molecule is CC1CCc2nc(SCC(=O)Nc3ccc(S(=O)(=O)Nc4ncccn4)cc3)c(C#N)cc2C1. The van der Waals surface area contributed by atoms with Gasteiger partial charge in [-0.2, -0.15) is 5.26 Å². The Kier molecular flexibility index (Phi) is 7.09. The molecular formula is C23H22N6O3S2. The molecule has 1 aliphatic carbocycles. The number of pyridine rings is 1. The highest BCUT2D eigenvalue weighted by Gasteiger charge is 2.20. The summed E-state index contributed by atoms with van der Waals surface area (Å²) < 4.78 is 27.2. The van der Waals surface area contributed by atoms with E-state index in [-0.39, 0.29) is 22.5 Å². The summed E-state index contributed by atoms with van der Waals surface area (Å²) in [6.45, 7) is 2.19. The van der Waals surface area contributed by atoms with Crippen LogP contribution < -0.4 is 10.0 Å². The number of nitriles is 1. The molecule has 0 saturated carbocycles. The first-order chi connectivity index (χ1) is 16.3. The third-order valence-corrected chi connectivity index (χ3v) is 7.63. The van der Waals surface area contributed by atoms with Gasteiger partial charge < -0.3 is 5.32 Å². The predicted octanol–water partition coefficient (Wildman–Crippen LogP) is 3.40. The minimum atomic E-state index is -3.85. The van der Waals surface area contributed by atoms with Gasteiger partial charge in [0.2, 0.25) is 11.9 Å². The quantitative estimate of drug-likeness (QED) is 0.477. The minimum Gasteiger partial charge on any atom is -0.325 e. The smallest absolute Gasteiger partial charge is 0.264 e. The van der Waals surface area contributed by atoms with E-state index < -0.39 is 10.0 Å². The lowest BCUT2D eigenvalue weighted by molar-refractivity contribution is -0.113. The molecule has 11 heteroatoms. The van der Waals surface area contributed by atoms with Crippen molar-refractivity contribution in [3.8, 4) is 6.07 Å². The van der Waals surface area contributed by atoms with Crippen LogP contribution in [0.3, 0.4) is 0 Å². The number of anilines is 2. The Morgan fingerprint density at radius 2 is 1.97 bits per heavy atom. The molecule has 0 fully saturated rings. The van der Waals surface area contributed by atoms with E-state index in [1.807, 2.05) is 6.07 Å². The van der Waals surface area contributed by atoms with Gasteiger partial charge in [0.15, 0.2) is 0 Å². The van der Waals surface area contributed by atoms with Gasteiger partial charge in [-0.1, -0.05) is 18.7 Å². The van der Waals surface area contributed by atoms with Crippen molar-refractivity contribution in [1.82, 2.24) is 15.0 Å². The third-order valence-electron chi connectivity index (χ3n) is 5.30. The molecule has 1 aromatic carbocycles. The van der Waals surface area contributed by atoms with Gasteiger partial charge in [-0.15, -0.1) is 0 Å². The molecule has 2 N–H and O–H groups in total. The third kappa shape index (κ3) is 5.70. The fourth-order valence-electron chi connectivity index (χ4n) is 3.60. The highest BCUT2D eigenvalue weighted by molar-refractivity contribution is 8.00. The lowest BCUT2D eigenvalue weighted by Gasteiger charge is -2.21. The molecule has 174 valence electrons. The van der Waals surface area contributed by atoms with E-state index in [4.69, 9.17) is 0 Å². The van der Waals surface area contributed by atoms with Crippen molar-refractivity contribution in [1.29, 1.82) is 5.26 Å². The molecule has 1 atom stereocenters. The number of fused-ring (bicyclic) bond motifs is 1. The summed E-state index contributed by atoms with van der Waals surface area (Å²) in [7, 11) is -3.85. The van der Waals surface area contributed by atoms with E-state index in [0.29, 0.717) is 22.2 Å². The maximum atomic E-state index is 12.5. The molecule has 2 aromatic heterocycles. The largest absolute Gasteiger partial charge is 0.325 e. The Morgan fingerprint density at radius 3 is 2.68 bits per heavy atom. The Morgan fingerprint density at radius 1 is 1.24 bits per heavy atom. The fourth-order valence-corrected chi connectivity index (χ4v) is 5.33. The van der Waals surface area contributed by atoms with Crippen LogP contribution in [0.25, 0.3) is 0 Å². The molecule has 9 nitrogen and oxygen atoms in total. The number of nitrogens with zero attached hydrogens (tertiary/aromatic N) is 4. The second-order valence-electron chi connectivity index (χ2n) is 7.95. The lowest BCUT2D eigenvalue weighted by atomic mass is 9.87. The number of hydrogen-bond donors (Lipinski definition) is 2. The number of sulfonamides is 1. The molecule has 1 amide bonds. The zero-order valence-electron chi connectivity index (χ0n) is 18.4. The van der Waals surface area contributed by atoms with E-state index in [2.05, 4.69) is 38.0 Å². The maximum absolute atomic E-state index is 12.5. The van der Waals surface area contributed by atoms with Gasteiger partial charge in [0.05, 0.1) is 16.2 Å². The van der Waals surface area contributed by atoms with E-state index in [9.17, 15) is 18.5 Å². The summed E-state index contributed by atoms with van der Waals surface area (Å²) in [5.41, 5.74) is 3.06. The fraction of sp³-hybridized carbons (Fsp3) is 0.261. The molecule has 3 aromatic rings. The van der Waals surface area contributed by atoms with Gasteiger partial charge in [-0.05, 0) is 67.1 Å². The van der Waals surface area contributed by atoms with E-state index in [0.717, 1.165) is 30.5 Å². The van der Waals surface area contributed by atoms with E-state index in [1.54, 1.807) is 6.07 Å². The number of aryl methyl sites for hydroxylation is 1. The molecular weight excluding hydrogens is 472 g/mol. The number of hydrogen-bond acceptors (Lipinski definition) is 8. The average Bonchev–Trinajstić information content (AvgIpc) is 2.83. The van der Waals surface area contributed by atoms with Gasteiger partial charge in [0.1, 0.15) is 11.1 Å². The Labute approximate surface area is 202 Å². The van der Waals surface area contributed by atoms with Crippen molar-refractivity contribution in [2.45, 2.75) is 36.1 Å². The molecule has 34 heavy (non-hydrogen) atoms. The molecule has 2 heterocycles. The molecule has 4 rings (SSSR count). The molecule has 0 radical (unpaired) electrons. The monoisotopic (exact) mass is 494 g/mol. The van der Waals surface area contributed by atoms with Gasteiger partial charge >= 0.3 is 0 Å².